The van der Waals surface area contributed by atoms with Gasteiger partial charge in [0.15, 0.2) is 17.5 Å². The Bertz CT molecular complexity index is 864. The monoisotopic (exact) mass is 559 g/mol. The molecule has 32 heavy (non-hydrogen) atoms. The lowest BCUT2D eigenvalue weighted by atomic mass is 10.1. The van der Waals surface area contributed by atoms with Crippen molar-refractivity contribution in [3.05, 3.63) is 58.9 Å². The highest BCUT2D eigenvalue weighted by Crippen LogP contribution is 2.31. The zero-order chi connectivity index (χ0) is 22.6. The summed E-state index contributed by atoms with van der Waals surface area (Å²) >= 11 is 0. The lowest BCUT2D eigenvalue weighted by Gasteiger charge is -2.20. The molecule has 0 radical (unpaired) electrons. The number of ether oxygens (including phenoxy) is 2. The molecule has 1 atom stereocenters. The van der Waals surface area contributed by atoms with Crippen LogP contribution in [0.25, 0.3) is 0 Å². The van der Waals surface area contributed by atoms with Gasteiger partial charge in [-0.3, -0.25) is 4.99 Å². The lowest BCUT2D eigenvalue weighted by molar-refractivity contribution is 0.268. The Morgan fingerprint density at radius 3 is 2.38 bits per heavy atom. The summed E-state index contributed by atoms with van der Waals surface area (Å²) in [6, 6.07) is 10.6. The van der Waals surface area contributed by atoms with Crippen LogP contribution in [0.3, 0.4) is 0 Å². The smallest absolute Gasteiger partial charge is 0.191 e. The Morgan fingerprint density at radius 1 is 1.06 bits per heavy atom. The van der Waals surface area contributed by atoms with Crippen LogP contribution >= 0.6 is 24.0 Å². The fourth-order valence-corrected chi connectivity index (χ4v) is 2.98. The van der Waals surface area contributed by atoms with E-state index in [9.17, 15) is 9.50 Å². The molecule has 1 unspecified atom stereocenters. The van der Waals surface area contributed by atoms with Crippen molar-refractivity contribution in [3.63, 3.8) is 0 Å². The summed E-state index contributed by atoms with van der Waals surface area (Å²) in [6.07, 6.45) is 1.85. The first kappa shape index (κ1) is 28.0. The number of guanidine groups is 1. The number of hydrogen-bond donors (Lipinski definition) is 3. The van der Waals surface area contributed by atoms with Crippen LogP contribution in [0.15, 0.2) is 41.4 Å². The van der Waals surface area contributed by atoms with E-state index in [1.54, 1.807) is 19.2 Å². The normalized spacial score (nSPS) is 12.0. The Labute approximate surface area is 207 Å². The molecule has 3 N–H and O–H groups in total. The molecule has 8 heteroatoms. The van der Waals surface area contributed by atoms with E-state index in [1.165, 1.54) is 6.07 Å². The van der Waals surface area contributed by atoms with E-state index in [0.29, 0.717) is 25.7 Å². The van der Waals surface area contributed by atoms with Crippen molar-refractivity contribution in [1.29, 1.82) is 0 Å². The first-order chi connectivity index (χ1) is 15.0. The number of aliphatic hydroxyl groups excluding tert-OH is 1. The molecule has 2 aromatic carbocycles. The van der Waals surface area contributed by atoms with Crippen molar-refractivity contribution in [2.24, 2.45) is 4.99 Å². The summed E-state index contributed by atoms with van der Waals surface area (Å²) in [6.45, 7) is 7.58. The van der Waals surface area contributed by atoms with Crippen molar-refractivity contribution < 1.29 is 19.0 Å². The fraction of sp³-hybridized carbons (Fsp3) is 0.458. The molecule has 0 amide bonds. The summed E-state index contributed by atoms with van der Waals surface area (Å²) in [5.41, 5.74) is 2.18. The molecule has 0 aliphatic rings. The highest BCUT2D eigenvalue weighted by atomic mass is 127. The number of hydrogen-bond acceptors (Lipinski definition) is 4. The standard InChI is InChI=1S/C24H34FN3O3.HI/c1-5-11-30-22-10-8-19(14-23(22)31-12-6-2)17(3)28-24(26-4)27-15-18-7-9-21(25)20(13-18)16-29;/h7-10,13-14,17,29H,5-6,11-12,15-16H2,1-4H3,(H2,26,27,28);1H. The van der Waals surface area contributed by atoms with E-state index in [-0.39, 0.29) is 42.2 Å². The van der Waals surface area contributed by atoms with Crippen molar-refractivity contribution in [3.8, 4) is 11.5 Å². The van der Waals surface area contributed by atoms with E-state index in [0.717, 1.165) is 35.5 Å². The largest absolute Gasteiger partial charge is 0.490 e. The molecule has 6 nitrogen and oxygen atoms in total. The third-order valence-electron chi connectivity index (χ3n) is 4.71. The molecule has 0 spiro atoms. The van der Waals surface area contributed by atoms with Gasteiger partial charge in [0, 0.05) is 19.2 Å². The second-order valence-electron chi connectivity index (χ2n) is 7.28. The molecule has 0 aromatic heterocycles. The van der Waals surface area contributed by atoms with Gasteiger partial charge in [-0.15, -0.1) is 24.0 Å². The van der Waals surface area contributed by atoms with Gasteiger partial charge in [-0.2, -0.15) is 0 Å². The molecule has 0 aliphatic heterocycles. The van der Waals surface area contributed by atoms with Gasteiger partial charge in [-0.25, -0.2) is 4.39 Å². The molecule has 0 saturated heterocycles. The zero-order valence-electron chi connectivity index (χ0n) is 19.3. The number of benzene rings is 2. The topological polar surface area (TPSA) is 75.1 Å². The Hall–Kier alpha value is -2.07. The average Bonchev–Trinajstić information content (AvgIpc) is 2.79. The summed E-state index contributed by atoms with van der Waals surface area (Å²) in [7, 11) is 1.70. The fourth-order valence-electron chi connectivity index (χ4n) is 2.98. The number of nitrogens with zero attached hydrogens (tertiary/aromatic N) is 1. The second kappa shape index (κ2) is 14.9. The van der Waals surface area contributed by atoms with E-state index in [2.05, 4.69) is 29.5 Å². The van der Waals surface area contributed by atoms with E-state index in [1.807, 2.05) is 25.1 Å². The van der Waals surface area contributed by atoms with Crippen LogP contribution < -0.4 is 20.1 Å². The van der Waals surface area contributed by atoms with Crippen LogP contribution in [0.4, 0.5) is 4.39 Å². The minimum Gasteiger partial charge on any atom is -0.490 e. The van der Waals surface area contributed by atoms with Crippen molar-refractivity contribution in [1.82, 2.24) is 10.6 Å². The van der Waals surface area contributed by atoms with Crippen LogP contribution in [0.5, 0.6) is 11.5 Å². The Balaban J connectivity index is 0.00000512. The van der Waals surface area contributed by atoms with Crippen molar-refractivity contribution >= 4 is 29.9 Å². The summed E-state index contributed by atoms with van der Waals surface area (Å²) in [5, 5.41) is 15.8. The third kappa shape index (κ3) is 8.46. The molecule has 2 rings (SSSR count). The Kier molecular flexibility index (Phi) is 13.0. The first-order valence-corrected chi connectivity index (χ1v) is 10.8. The van der Waals surface area contributed by atoms with Crippen LogP contribution in [-0.4, -0.2) is 31.3 Å². The van der Waals surface area contributed by atoms with E-state index >= 15 is 0 Å². The molecule has 0 aliphatic carbocycles. The number of aliphatic hydroxyl groups is 1. The SMILES string of the molecule is CCCOc1ccc(C(C)NC(=NC)NCc2ccc(F)c(CO)c2)cc1OCCC.I. The zero-order valence-corrected chi connectivity index (χ0v) is 21.6. The van der Waals surface area contributed by atoms with Gasteiger partial charge in [0.1, 0.15) is 5.82 Å². The van der Waals surface area contributed by atoms with Gasteiger partial charge < -0.3 is 25.2 Å². The highest BCUT2D eigenvalue weighted by Gasteiger charge is 2.13. The van der Waals surface area contributed by atoms with Crippen LogP contribution in [0.2, 0.25) is 0 Å². The van der Waals surface area contributed by atoms with Gasteiger partial charge in [-0.05, 0) is 55.2 Å². The number of aliphatic imine (C=N–C) groups is 1. The number of rotatable bonds is 11. The molecule has 2 aromatic rings. The quantitative estimate of drug-likeness (QED) is 0.207. The molecular formula is C24H35FIN3O3. The van der Waals surface area contributed by atoms with Crippen LogP contribution in [0.1, 0.15) is 56.3 Å². The van der Waals surface area contributed by atoms with Gasteiger partial charge in [0.25, 0.3) is 0 Å². The van der Waals surface area contributed by atoms with E-state index in [4.69, 9.17) is 9.47 Å². The molecule has 0 fully saturated rings. The van der Waals surface area contributed by atoms with Crippen molar-refractivity contribution in [2.75, 3.05) is 20.3 Å². The minimum atomic E-state index is -0.408. The highest BCUT2D eigenvalue weighted by molar-refractivity contribution is 14.0. The van der Waals surface area contributed by atoms with Gasteiger partial charge in [0.2, 0.25) is 0 Å². The molecule has 0 heterocycles. The second-order valence-corrected chi connectivity index (χ2v) is 7.28. The molecule has 0 saturated carbocycles. The Morgan fingerprint density at radius 2 is 1.75 bits per heavy atom. The average molecular weight is 559 g/mol. The first-order valence-electron chi connectivity index (χ1n) is 10.8. The summed E-state index contributed by atoms with van der Waals surface area (Å²) in [5.74, 6) is 1.71. The minimum absolute atomic E-state index is 0. The van der Waals surface area contributed by atoms with Crippen LogP contribution in [0, 0.1) is 5.82 Å². The number of halogens is 2. The van der Waals surface area contributed by atoms with Crippen molar-refractivity contribution in [2.45, 2.75) is 52.8 Å². The van der Waals surface area contributed by atoms with Crippen LogP contribution in [-0.2, 0) is 13.2 Å². The molecular weight excluding hydrogens is 524 g/mol. The maximum Gasteiger partial charge on any atom is 0.191 e. The lowest BCUT2D eigenvalue weighted by Crippen LogP contribution is -2.38. The summed E-state index contributed by atoms with van der Waals surface area (Å²) < 4.78 is 25.3. The molecule has 178 valence electrons. The van der Waals surface area contributed by atoms with Gasteiger partial charge >= 0.3 is 0 Å². The van der Waals surface area contributed by atoms with Gasteiger partial charge in [-0.1, -0.05) is 26.0 Å². The maximum atomic E-state index is 13.6. The van der Waals surface area contributed by atoms with Gasteiger partial charge in [0.05, 0.1) is 25.9 Å². The maximum absolute atomic E-state index is 13.6. The van der Waals surface area contributed by atoms with E-state index < -0.39 is 5.82 Å². The molecule has 0 bridgehead atoms. The number of nitrogens with one attached hydrogen (secondary N) is 2. The predicted octanol–water partition coefficient (Wildman–Crippen LogP) is 4.94. The predicted molar refractivity (Wildman–Crippen MR) is 138 cm³/mol. The summed E-state index contributed by atoms with van der Waals surface area (Å²) in [4.78, 5) is 4.27. The third-order valence-corrected chi connectivity index (χ3v) is 4.71.